The number of aliphatic hydroxyl groups excluding tert-OH is 1. The zero-order valence-electron chi connectivity index (χ0n) is 12.3. The van der Waals surface area contributed by atoms with Crippen LogP contribution in [0.15, 0.2) is 29.2 Å². The van der Waals surface area contributed by atoms with Crippen LogP contribution in [-0.2, 0) is 23.2 Å². The normalized spacial score (nSPS) is 11.8. The van der Waals surface area contributed by atoms with Crippen molar-refractivity contribution in [2.24, 2.45) is 0 Å². The molecule has 0 aliphatic carbocycles. The second kappa shape index (κ2) is 6.27. The first-order valence-electron chi connectivity index (χ1n) is 6.59. The van der Waals surface area contributed by atoms with E-state index in [4.69, 9.17) is 0 Å². The summed E-state index contributed by atoms with van der Waals surface area (Å²) in [5, 5.41) is 9.24. The fourth-order valence-electron chi connectivity index (χ4n) is 1.97. The van der Waals surface area contributed by atoms with Crippen molar-refractivity contribution in [1.82, 2.24) is 4.72 Å². The van der Waals surface area contributed by atoms with Gasteiger partial charge in [0.2, 0.25) is 10.0 Å². The third-order valence-corrected chi connectivity index (χ3v) is 6.01. The van der Waals surface area contributed by atoms with Crippen LogP contribution in [0.2, 0.25) is 0 Å². The number of rotatable bonds is 5. The minimum absolute atomic E-state index is 0.168. The Morgan fingerprint density at radius 2 is 1.86 bits per heavy atom. The number of hydrogen-bond acceptors (Lipinski definition) is 4. The average molecular weight is 325 g/mol. The lowest BCUT2D eigenvalue weighted by atomic mass is 10.1. The molecule has 21 heavy (non-hydrogen) atoms. The molecule has 0 spiro atoms. The molecule has 1 heterocycles. The Morgan fingerprint density at radius 3 is 2.43 bits per heavy atom. The standard InChI is InChI=1S/C15H19NO3S2/c1-10-4-5-15(7-13(10)9-17)21(18,19)16-8-14-6-11(2)12(3)20-14/h4-7,16-17H,8-9H2,1-3H3. The molecule has 0 fully saturated rings. The van der Waals surface area contributed by atoms with E-state index in [2.05, 4.69) is 4.72 Å². The van der Waals surface area contributed by atoms with E-state index in [-0.39, 0.29) is 18.0 Å². The summed E-state index contributed by atoms with van der Waals surface area (Å²) in [6, 6.07) is 6.78. The molecule has 1 aromatic heterocycles. The van der Waals surface area contributed by atoms with Gasteiger partial charge in [0.05, 0.1) is 11.5 Å². The Bertz CT molecular complexity index is 729. The molecule has 0 atom stereocenters. The maximum Gasteiger partial charge on any atom is 0.240 e. The Labute approximate surface area is 129 Å². The first-order valence-corrected chi connectivity index (χ1v) is 8.89. The molecule has 4 nitrogen and oxygen atoms in total. The molecule has 0 saturated carbocycles. The Morgan fingerprint density at radius 1 is 1.14 bits per heavy atom. The second-order valence-corrected chi connectivity index (χ2v) is 8.13. The van der Waals surface area contributed by atoms with Crippen molar-refractivity contribution in [3.8, 4) is 0 Å². The summed E-state index contributed by atoms with van der Waals surface area (Å²) in [6.45, 7) is 5.98. The van der Waals surface area contributed by atoms with Crippen molar-refractivity contribution >= 4 is 21.4 Å². The van der Waals surface area contributed by atoms with Crippen LogP contribution in [-0.4, -0.2) is 13.5 Å². The van der Waals surface area contributed by atoms with E-state index in [9.17, 15) is 13.5 Å². The fraction of sp³-hybridized carbons (Fsp3) is 0.333. The highest BCUT2D eigenvalue weighted by molar-refractivity contribution is 7.89. The second-order valence-electron chi connectivity index (χ2n) is 5.02. The van der Waals surface area contributed by atoms with Crippen LogP contribution >= 0.6 is 11.3 Å². The van der Waals surface area contributed by atoms with Crippen molar-refractivity contribution in [2.45, 2.75) is 38.8 Å². The van der Waals surface area contributed by atoms with Crippen molar-refractivity contribution < 1.29 is 13.5 Å². The number of sulfonamides is 1. The molecule has 0 unspecified atom stereocenters. The summed E-state index contributed by atoms with van der Waals surface area (Å²) in [4.78, 5) is 2.37. The zero-order chi connectivity index (χ0) is 15.6. The van der Waals surface area contributed by atoms with Crippen LogP contribution in [0.4, 0.5) is 0 Å². The van der Waals surface area contributed by atoms with Crippen LogP contribution in [0, 0.1) is 20.8 Å². The fourth-order valence-corrected chi connectivity index (χ4v) is 4.11. The highest BCUT2D eigenvalue weighted by Crippen LogP contribution is 2.21. The molecule has 2 rings (SSSR count). The van der Waals surface area contributed by atoms with Crippen LogP contribution < -0.4 is 4.72 Å². The number of aryl methyl sites for hydroxylation is 3. The molecule has 0 aliphatic rings. The van der Waals surface area contributed by atoms with Gasteiger partial charge in [0.15, 0.2) is 0 Å². The van der Waals surface area contributed by atoms with Crippen molar-refractivity contribution in [3.63, 3.8) is 0 Å². The predicted octanol–water partition coefficient (Wildman–Crippen LogP) is 2.64. The van der Waals surface area contributed by atoms with Crippen LogP contribution in [0.3, 0.4) is 0 Å². The van der Waals surface area contributed by atoms with Crippen molar-refractivity contribution in [2.75, 3.05) is 0 Å². The number of aliphatic hydroxyl groups is 1. The summed E-state index contributed by atoms with van der Waals surface area (Å²) in [5.74, 6) is 0. The van der Waals surface area contributed by atoms with E-state index in [0.717, 1.165) is 10.4 Å². The van der Waals surface area contributed by atoms with E-state index in [0.29, 0.717) is 5.56 Å². The van der Waals surface area contributed by atoms with Gasteiger partial charge in [-0.1, -0.05) is 6.07 Å². The lowest BCUT2D eigenvalue weighted by molar-refractivity contribution is 0.280. The number of thiophene rings is 1. The molecular formula is C15H19NO3S2. The summed E-state index contributed by atoms with van der Waals surface area (Å²) in [7, 11) is -3.57. The minimum atomic E-state index is -3.57. The van der Waals surface area contributed by atoms with E-state index in [1.807, 2.05) is 26.8 Å². The summed E-state index contributed by atoms with van der Waals surface area (Å²) in [5.41, 5.74) is 2.67. The molecule has 0 bridgehead atoms. The Hall–Kier alpha value is -1.21. The third-order valence-electron chi connectivity index (χ3n) is 3.45. The van der Waals surface area contributed by atoms with Gasteiger partial charge in [0, 0.05) is 16.3 Å². The number of nitrogens with one attached hydrogen (secondary N) is 1. The summed E-state index contributed by atoms with van der Waals surface area (Å²) >= 11 is 1.59. The Balaban J connectivity index is 2.18. The highest BCUT2D eigenvalue weighted by atomic mass is 32.2. The quantitative estimate of drug-likeness (QED) is 0.888. The summed E-state index contributed by atoms with van der Waals surface area (Å²) < 4.78 is 27.2. The van der Waals surface area contributed by atoms with Crippen molar-refractivity contribution in [3.05, 3.63) is 50.7 Å². The average Bonchev–Trinajstić information content (AvgIpc) is 2.76. The minimum Gasteiger partial charge on any atom is -0.392 e. The molecule has 2 N–H and O–H groups in total. The Kier molecular flexibility index (Phi) is 4.83. The zero-order valence-corrected chi connectivity index (χ0v) is 13.9. The van der Waals surface area contributed by atoms with Crippen molar-refractivity contribution in [1.29, 1.82) is 0 Å². The molecule has 0 aliphatic heterocycles. The van der Waals surface area contributed by atoms with Gasteiger partial charge >= 0.3 is 0 Å². The van der Waals surface area contributed by atoms with Gasteiger partial charge in [-0.2, -0.15) is 0 Å². The molecule has 2 aromatic rings. The van der Waals surface area contributed by atoms with Gasteiger partial charge in [0.1, 0.15) is 0 Å². The largest absolute Gasteiger partial charge is 0.392 e. The predicted molar refractivity (Wildman–Crippen MR) is 84.9 cm³/mol. The van der Waals surface area contributed by atoms with Crippen LogP contribution in [0.1, 0.15) is 26.4 Å². The molecule has 0 saturated heterocycles. The van der Waals surface area contributed by atoms with Gasteiger partial charge in [-0.25, -0.2) is 13.1 Å². The van der Waals surface area contributed by atoms with Gasteiger partial charge in [0.25, 0.3) is 0 Å². The van der Waals surface area contributed by atoms with Gasteiger partial charge in [-0.15, -0.1) is 11.3 Å². The van der Waals surface area contributed by atoms with E-state index < -0.39 is 10.0 Å². The van der Waals surface area contributed by atoms with Crippen LogP contribution in [0.5, 0.6) is 0 Å². The van der Waals surface area contributed by atoms with Crippen LogP contribution in [0.25, 0.3) is 0 Å². The number of benzene rings is 1. The highest BCUT2D eigenvalue weighted by Gasteiger charge is 2.15. The maximum absolute atomic E-state index is 12.3. The SMILES string of the molecule is Cc1ccc(S(=O)(=O)NCc2cc(C)c(C)s2)cc1CO. The first kappa shape index (κ1) is 16.2. The lowest BCUT2D eigenvalue weighted by Gasteiger charge is -2.09. The van der Waals surface area contributed by atoms with Gasteiger partial charge in [-0.05, 0) is 55.7 Å². The molecule has 0 radical (unpaired) electrons. The lowest BCUT2D eigenvalue weighted by Crippen LogP contribution is -2.23. The maximum atomic E-state index is 12.3. The van der Waals surface area contributed by atoms with Gasteiger partial charge < -0.3 is 5.11 Å². The monoisotopic (exact) mass is 325 g/mol. The molecule has 1 aromatic carbocycles. The molecule has 6 heteroatoms. The van der Waals surface area contributed by atoms with E-state index >= 15 is 0 Å². The third kappa shape index (κ3) is 3.71. The molecular weight excluding hydrogens is 306 g/mol. The topological polar surface area (TPSA) is 66.4 Å². The smallest absolute Gasteiger partial charge is 0.240 e. The molecule has 114 valence electrons. The van der Waals surface area contributed by atoms with Gasteiger partial charge in [-0.3, -0.25) is 0 Å². The van der Waals surface area contributed by atoms with E-state index in [1.165, 1.54) is 16.5 Å². The van der Waals surface area contributed by atoms with E-state index in [1.54, 1.807) is 23.5 Å². The summed E-state index contributed by atoms with van der Waals surface area (Å²) in [6.07, 6.45) is 0. The molecule has 0 amide bonds. The first-order chi connectivity index (χ1) is 9.83. The number of hydrogen-bond donors (Lipinski definition) is 2.